The third kappa shape index (κ3) is 6.56. The number of nitriles is 1. The van der Waals surface area contributed by atoms with Crippen molar-refractivity contribution in [3.05, 3.63) is 59.4 Å². The lowest BCUT2D eigenvalue weighted by atomic mass is 9.96. The van der Waals surface area contributed by atoms with Crippen LogP contribution in [0.3, 0.4) is 0 Å². The molecular weight excluding hydrogens is 505 g/mol. The van der Waals surface area contributed by atoms with Gasteiger partial charge in [0.15, 0.2) is 0 Å². The average molecular weight is 546 g/mol. The molecule has 2 N–H and O–H groups in total. The second-order valence-electron chi connectivity index (χ2n) is 11.6. The molecule has 2 aromatic carbocycles. The molecule has 9 heteroatoms. The summed E-state index contributed by atoms with van der Waals surface area (Å²) < 4.78 is 13.6. The summed E-state index contributed by atoms with van der Waals surface area (Å²) >= 11 is 0. The molecule has 0 radical (unpaired) electrons. The normalized spacial score (nSPS) is 20.4. The minimum atomic E-state index is -0.393. The quantitative estimate of drug-likeness (QED) is 0.295. The van der Waals surface area contributed by atoms with E-state index < -0.39 is 5.82 Å². The molecule has 3 aliphatic rings. The number of amides is 2. The zero-order valence-corrected chi connectivity index (χ0v) is 23.6. The summed E-state index contributed by atoms with van der Waals surface area (Å²) in [5, 5.41) is 15.9. The van der Waals surface area contributed by atoms with E-state index in [4.69, 9.17) is 0 Å². The van der Waals surface area contributed by atoms with Crippen LogP contribution in [0.4, 0.5) is 20.6 Å². The molecule has 1 saturated carbocycles. The highest BCUT2D eigenvalue weighted by Crippen LogP contribution is 2.31. The van der Waals surface area contributed by atoms with Crippen LogP contribution in [0.2, 0.25) is 0 Å². The van der Waals surface area contributed by atoms with Gasteiger partial charge < -0.3 is 20.4 Å². The van der Waals surface area contributed by atoms with Crippen LogP contribution in [0.15, 0.2) is 47.5 Å². The standard InChI is InChI=1S/C31H40FN7O/c1-22(2)29-20-38(31(40)35-26-11-6-10-25(32)17-26)15-16-39(29)30(34-21-33)36-28-12-5-9-24-19-37(14-13-27(24)28)18-23-7-3-4-8-23/h5-6,9-12,17,22-23,29H,3-4,7-8,13-16,18-20H2,1-2H3,(H,34,36)(H,35,40). The van der Waals surface area contributed by atoms with E-state index in [0.29, 0.717) is 31.3 Å². The van der Waals surface area contributed by atoms with Crippen molar-refractivity contribution in [3.63, 3.8) is 0 Å². The number of hydrogen-bond donors (Lipinski definition) is 2. The summed E-state index contributed by atoms with van der Waals surface area (Å²) in [6.07, 6.45) is 8.41. The molecule has 2 heterocycles. The van der Waals surface area contributed by atoms with E-state index in [-0.39, 0.29) is 18.0 Å². The van der Waals surface area contributed by atoms with E-state index >= 15 is 0 Å². The Labute approximate surface area is 236 Å². The van der Waals surface area contributed by atoms with Gasteiger partial charge in [-0.15, -0.1) is 4.99 Å². The number of carbonyl (C=O) groups excluding carboxylic acids is 1. The van der Waals surface area contributed by atoms with Crippen molar-refractivity contribution in [1.82, 2.24) is 14.7 Å². The number of halogens is 1. The molecule has 0 aromatic heterocycles. The third-order valence-electron chi connectivity index (χ3n) is 8.56. The fourth-order valence-electron chi connectivity index (χ4n) is 6.43. The Kier molecular flexibility index (Phi) is 8.85. The number of benzene rings is 2. The first-order chi connectivity index (χ1) is 19.4. The number of urea groups is 1. The molecule has 8 nitrogen and oxygen atoms in total. The highest BCUT2D eigenvalue weighted by atomic mass is 19.1. The number of rotatable bonds is 5. The molecule has 2 fully saturated rings. The van der Waals surface area contributed by atoms with Gasteiger partial charge in [-0.3, -0.25) is 4.90 Å². The summed E-state index contributed by atoms with van der Waals surface area (Å²) in [7, 11) is 0. The highest BCUT2D eigenvalue weighted by molar-refractivity contribution is 5.96. The SMILES string of the molecule is CC(C)C1CN(C(=O)Nc2cccc(F)c2)CCN1/C(=N\C#N)Nc1cccc2c1CCN(CC1CCCC1)C2. The zero-order valence-electron chi connectivity index (χ0n) is 23.6. The van der Waals surface area contributed by atoms with Crippen molar-refractivity contribution in [2.24, 2.45) is 16.8 Å². The number of nitrogens with one attached hydrogen (secondary N) is 2. The van der Waals surface area contributed by atoms with Gasteiger partial charge in [-0.05, 0) is 66.5 Å². The van der Waals surface area contributed by atoms with Crippen molar-refractivity contribution >= 4 is 23.4 Å². The van der Waals surface area contributed by atoms with Gasteiger partial charge in [0.05, 0.1) is 6.04 Å². The highest BCUT2D eigenvalue weighted by Gasteiger charge is 2.34. The fraction of sp³-hybridized carbons (Fsp3) is 0.516. The molecule has 40 heavy (non-hydrogen) atoms. The number of carbonyl (C=O) groups is 1. The third-order valence-corrected chi connectivity index (χ3v) is 8.56. The molecular formula is C31H40FN7O. The molecule has 2 aliphatic heterocycles. The first kappa shape index (κ1) is 27.9. The van der Waals surface area contributed by atoms with E-state index in [1.807, 2.05) is 6.19 Å². The Balaban J connectivity index is 1.28. The van der Waals surface area contributed by atoms with Gasteiger partial charge in [-0.1, -0.05) is 44.9 Å². The number of fused-ring (bicyclic) bond motifs is 1. The van der Waals surface area contributed by atoms with Crippen LogP contribution in [0, 0.1) is 29.1 Å². The summed E-state index contributed by atoms with van der Waals surface area (Å²) in [5.74, 6) is 1.16. The maximum absolute atomic E-state index is 13.6. The second-order valence-corrected chi connectivity index (χ2v) is 11.6. The van der Waals surface area contributed by atoms with Crippen molar-refractivity contribution < 1.29 is 9.18 Å². The Morgan fingerprint density at radius 3 is 2.67 bits per heavy atom. The summed E-state index contributed by atoms with van der Waals surface area (Å²) in [6.45, 7) is 8.86. The molecule has 2 aromatic rings. The second kappa shape index (κ2) is 12.7. The Morgan fingerprint density at radius 1 is 1.12 bits per heavy atom. The van der Waals surface area contributed by atoms with Crippen LogP contribution in [0.25, 0.3) is 0 Å². The monoisotopic (exact) mass is 545 g/mol. The number of anilines is 2. The van der Waals surface area contributed by atoms with Crippen LogP contribution in [-0.4, -0.2) is 65.5 Å². The van der Waals surface area contributed by atoms with Gasteiger partial charge in [-0.2, -0.15) is 5.26 Å². The lowest BCUT2D eigenvalue weighted by molar-refractivity contribution is 0.120. The van der Waals surface area contributed by atoms with Crippen LogP contribution in [-0.2, 0) is 13.0 Å². The first-order valence-electron chi connectivity index (χ1n) is 14.6. The average Bonchev–Trinajstić information content (AvgIpc) is 3.45. The van der Waals surface area contributed by atoms with Gasteiger partial charge in [0.2, 0.25) is 12.2 Å². The predicted octanol–water partition coefficient (Wildman–Crippen LogP) is 5.50. The lowest BCUT2D eigenvalue weighted by Crippen LogP contribution is -2.60. The van der Waals surface area contributed by atoms with Crippen LogP contribution >= 0.6 is 0 Å². The topological polar surface area (TPSA) is 87.0 Å². The lowest BCUT2D eigenvalue weighted by Gasteiger charge is -2.44. The molecule has 0 bridgehead atoms. The molecule has 0 spiro atoms. The van der Waals surface area contributed by atoms with Crippen molar-refractivity contribution in [2.75, 3.05) is 43.4 Å². The minimum Gasteiger partial charge on any atom is -0.335 e. The molecule has 1 atom stereocenters. The van der Waals surface area contributed by atoms with E-state index in [2.05, 4.69) is 57.5 Å². The van der Waals surface area contributed by atoms with Gasteiger partial charge >= 0.3 is 6.03 Å². The van der Waals surface area contributed by atoms with Crippen molar-refractivity contribution in [1.29, 1.82) is 5.26 Å². The molecule has 1 unspecified atom stereocenters. The smallest absolute Gasteiger partial charge is 0.321 e. The van der Waals surface area contributed by atoms with Gasteiger partial charge in [-0.25, -0.2) is 9.18 Å². The van der Waals surface area contributed by atoms with E-state index in [0.717, 1.165) is 31.1 Å². The summed E-state index contributed by atoms with van der Waals surface area (Å²) in [4.78, 5) is 23.7. The number of piperazine rings is 1. The Hall–Kier alpha value is -3.64. The number of guanidine groups is 1. The zero-order chi connectivity index (χ0) is 28.1. The van der Waals surface area contributed by atoms with Crippen molar-refractivity contribution in [3.8, 4) is 6.19 Å². The number of aliphatic imine (C=N–C) groups is 1. The van der Waals surface area contributed by atoms with Gasteiger partial charge in [0.1, 0.15) is 5.82 Å². The van der Waals surface area contributed by atoms with Crippen LogP contribution < -0.4 is 10.6 Å². The van der Waals surface area contributed by atoms with Gasteiger partial charge in [0, 0.05) is 50.6 Å². The van der Waals surface area contributed by atoms with E-state index in [1.54, 1.807) is 17.0 Å². The van der Waals surface area contributed by atoms with Crippen molar-refractivity contribution in [2.45, 2.75) is 58.5 Å². The summed E-state index contributed by atoms with van der Waals surface area (Å²) in [6, 6.07) is 12.0. The largest absolute Gasteiger partial charge is 0.335 e. The fourth-order valence-corrected chi connectivity index (χ4v) is 6.43. The number of nitrogens with zero attached hydrogens (tertiary/aromatic N) is 5. The molecule has 5 rings (SSSR count). The predicted molar refractivity (Wildman–Crippen MR) is 156 cm³/mol. The Bertz CT molecular complexity index is 1270. The molecule has 212 valence electrons. The van der Waals surface area contributed by atoms with Crippen LogP contribution in [0.5, 0.6) is 0 Å². The maximum Gasteiger partial charge on any atom is 0.321 e. The molecule has 2 amide bonds. The first-order valence-corrected chi connectivity index (χ1v) is 14.6. The number of hydrogen-bond acceptors (Lipinski definition) is 4. The molecule has 1 saturated heterocycles. The summed E-state index contributed by atoms with van der Waals surface area (Å²) in [5.41, 5.74) is 4.06. The van der Waals surface area contributed by atoms with Gasteiger partial charge in [0.25, 0.3) is 0 Å². The van der Waals surface area contributed by atoms with Crippen LogP contribution in [0.1, 0.15) is 50.7 Å². The molecule has 1 aliphatic carbocycles. The maximum atomic E-state index is 13.6. The van der Waals surface area contributed by atoms with E-state index in [1.165, 1.54) is 55.5 Å². The minimum absolute atomic E-state index is 0.0481. The van der Waals surface area contributed by atoms with E-state index in [9.17, 15) is 14.4 Å². The Morgan fingerprint density at radius 2 is 1.93 bits per heavy atom.